The maximum Gasteiger partial charge on any atom is 0.534 e. The highest BCUT2D eigenvalue weighted by Gasteiger charge is 2.49. The Labute approximate surface area is 101 Å². The fourth-order valence-electron chi connectivity index (χ4n) is 1.35. The molecule has 0 atom stereocenters. The largest absolute Gasteiger partial charge is 0.534 e. The van der Waals surface area contributed by atoms with Gasteiger partial charge in [-0.05, 0) is 31.0 Å². The quantitative estimate of drug-likeness (QED) is 0.485. The summed E-state index contributed by atoms with van der Waals surface area (Å²) in [5.41, 5.74) is -5.05. The highest BCUT2D eigenvalue weighted by Crippen LogP contribution is 2.31. The van der Waals surface area contributed by atoms with Gasteiger partial charge in [0.25, 0.3) is 0 Å². The van der Waals surface area contributed by atoms with Gasteiger partial charge in [-0.3, -0.25) is 4.79 Å². The highest BCUT2D eigenvalue weighted by atomic mass is 32.2. The van der Waals surface area contributed by atoms with Crippen molar-refractivity contribution in [1.29, 1.82) is 0 Å². The summed E-state index contributed by atoms with van der Waals surface area (Å²) < 4.78 is 62.2. The molecule has 1 aromatic carbocycles. The molecule has 0 saturated carbocycles. The molecule has 0 fully saturated rings. The van der Waals surface area contributed by atoms with Crippen molar-refractivity contribution < 1.29 is 30.6 Å². The molecule has 100 valence electrons. The molecule has 0 aliphatic heterocycles. The molecule has 0 radical (unpaired) electrons. The van der Waals surface area contributed by atoms with E-state index in [1.165, 1.54) is 19.1 Å². The third-order valence-corrected chi connectivity index (χ3v) is 3.00. The molecule has 1 rings (SSSR count). The zero-order valence-corrected chi connectivity index (χ0v) is 10.2. The minimum atomic E-state index is -5.78. The summed E-state index contributed by atoms with van der Waals surface area (Å²) in [6.45, 7) is 2.96. The summed E-state index contributed by atoms with van der Waals surface area (Å²) in [6.07, 6.45) is 0.237. The normalized spacial score (nSPS) is 12.3. The van der Waals surface area contributed by atoms with Crippen molar-refractivity contribution in [2.45, 2.75) is 19.4 Å². The Kier molecular flexibility index (Phi) is 3.70. The number of hydrogen-bond donors (Lipinski definition) is 0. The second-order valence-corrected chi connectivity index (χ2v) is 5.14. The van der Waals surface area contributed by atoms with Crippen molar-refractivity contribution >= 4 is 16.4 Å². The van der Waals surface area contributed by atoms with E-state index >= 15 is 0 Å². The fourth-order valence-corrected chi connectivity index (χ4v) is 1.89. The van der Waals surface area contributed by atoms with E-state index in [1.54, 1.807) is 6.92 Å². The zero-order valence-electron chi connectivity index (χ0n) is 9.41. The number of aryl methyl sites for hydroxylation is 2. The predicted octanol–water partition coefficient (Wildman–Crippen LogP) is 2.34. The summed E-state index contributed by atoms with van der Waals surface area (Å²) in [5, 5.41) is 0. The van der Waals surface area contributed by atoms with Gasteiger partial charge in [-0.1, -0.05) is 6.07 Å². The number of benzene rings is 1. The van der Waals surface area contributed by atoms with Gasteiger partial charge in [0.05, 0.1) is 5.56 Å². The van der Waals surface area contributed by atoms with E-state index in [9.17, 15) is 26.4 Å². The highest BCUT2D eigenvalue weighted by molar-refractivity contribution is 7.88. The Morgan fingerprint density at radius 2 is 1.78 bits per heavy atom. The third-order valence-electron chi connectivity index (χ3n) is 2.05. The Bertz CT molecular complexity index is 576. The van der Waals surface area contributed by atoms with E-state index in [4.69, 9.17) is 0 Å². The van der Waals surface area contributed by atoms with Crippen LogP contribution in [0.25, 0.3) is 0 Å². The van der Waals surface area contributed by atoms with Crippen molar-refractivity contribution in [1.82, 2.24) is 0 Å². The number of hydrogen-bond acceptors (Lipinski definition) is 4. The lowest BCUT2D eigenvalue weighted by molar-refractivity contribution is -0.0500. The SMILES string of the molecule is Cc1cc(C)c(OS(=O)(=O)C(F)(F)F)c(C=O)c1. The van der Waals surface area contributed by atoms with Crippen LogP contribution in [0.4, 0.5) is 13.2 Å². The molecule has 4 nitrogen and oxygen atoms in total. The molecule has 0 saturated heterocycles. The van der Waals surface area contributed by atoms with E-state index in [0.717, 1.165) is 0 Å². The average molecular weight is 282 g/mol. The van der Waals surface area contributed by atoms with Crippen molar-refractivity contribution in [3.63, 3.8) is 0 Å². The topological polar surface area (TPSA) is 60.4 Å². The average Bonchev–Trinajstić information content (AvgIpc) is 2.19. The molecular formula is C10H9F3O4S. The number of alkyl halides is 3. The zero-order chi connectivity index (χ0) is 14.1. The van der Waals surface area contributed by atoms with Gasteiger partial charge in [-0.2, -0.15) is 21.6 Å². The van der Waals surface area contributed by atoms with E-state index in [-0.39, 0.29) is 17.4 Å². The van der Waals surface area contributed by atoms with Crippen LogP contribution < -0.4 is 4.18 Å². The number of halogens is 3. The van der Waals surface area contributed by atoms with E-state index in [1.807, 2.05) is 0 Å². The Morgan fingerprint density at radius 3 is 2.22 bits per heavy atom. The van der Waals surface area contributed by atoms with E-state index in [0.29, 0.717) is 5.56 Å². The van der Waals surface area contributed by atoms with Gasteiger partial charge in [-0.25, -0.2) is 0 Å². The number of carbonyl (C=O) groups is 1. The molecule has 0 amide bonds. The Hall–Kier alpha value is -1.57. The van der Waals surface area contributed by atoms with Crippen LogP contribution in [0.3, 0.4) is 0 Å². The standard InChI is InChI=1S/C10H9F3O4S/c1-6-3-7(2)9(8(4-6)5-14)17-18(15,16)10(11,12)13/h3-5H,1-2H3. The summed E-state index contributed by atoms with van der Waals surface area (Å²) in [7, 11) is -5.78. The van der Waals surface area contributed by atoms with E-state index < -0.39 is 21.4 Å². The Balaban J connectivity index is 3.33. The lowest BCUT2D eigenvalue weighted by Gasteiger charge is -2.13. The molecule has 18 heavy (non-hydrogen) atoms. The first-order valence-corrected chi connectivity index (χ1v) is 6.06. The van der Waals surface area contributed by atoms with Gasteiger partial charge in [0.15, 0.2) is 12.0 Å². The van der Waals surface area contributed by atoms with Gasteiger partial charge >= 0.3 is 15.6 Å². The fraction of sp³-hybridized carbons (Fsp3) is 0.300. The first-order valence-electron chi connectivity index (χ1n) is 4.65. The number of rotatable bonds is 3. The van der Waals surface area contributed by atoms with Gasteiger partial charge in [-0.15, -0.1) is 0 Å². The summed E-state index contributed by atoms with van der Waals surface area (Å²) in [5.74, 6) is -0.604. The monoisotopic (exact) mass is 282 g/mol. The molecule has 0 spiro atoms. The summed E-state index contributed by atoms with van der Waals surface area (Å²) >= 11 is 0. The molecule has 0 aliphatic carbocycles. The first kappa shape index (κ1) is 14.5. The van der Waals surface area contributed by atoms with Crippen molar-refractivity contribution in [2.24, 2.45) is 0 Å². The second kappa shape index (κ2) is 4.60. The molecule has 0 aromatic heterocycles. The molecule has 0 N–H and O–H groups in total. The third kappa shape index (κ3) is 2.81. The lowest BCUT2D eigenvalue weighted by atomic mass is 10.1. The minimum Gasteiger partial charge on any atom is -0.375 e. The van der Waals surface area contributed by atoms with Crippen molar-refractivity contribution in [3.8, 4) is 5.75 Å². The molecule has 8 heteroatoms. The molecular weight excluding hydrogens is 273 g/mol. The van der Waals surface area contributed by atoms with Crippen LogP contribution >= 0.6 is 0 Å². The van der Waals surface area contributed by atoms with Crippen LogP contribution in [0, 0.1) is 13.8 Å². The molecule has 0 bridgehead atoms. The number of carbonyl (C=O) groups excluding carboxylic acids is 1. The van der Waals surface area contributed by atoms with Crippen LogP contribution in [0.2, 0.25) is 0 Å². The summed E-state index contributed by atoms with van der Waals surface area (Å²) in [4.78, 5) is 10.7. The number of aldehydes is 1. The summed E-state index contributed by atoms with van der Waals surface area (Å²) in [6, 6.07) is 2.65. The lowest BCUT2D eigenvalue weighted by Crippen LogP contribution is -2.28. The molecule has 0 heterocycles. The second-order valence-electron chi connectivity index (χ2n) is 3.60. The Morgan fingerprint density at radius 1 is 1.22 bits per heavy atom. The maximum atomic E-state index is 12.2. The van der Waals surface area contributed by atoms with Crippen LogP contribution in [-0.2, 0) is 10.1 Å². The molecule has 1 aromatic rings. The molecule has 0 aliphatic rings. The van der Waals surface area contributed by atoms with E-state index in [2.05, 4.69) is 4.18 Å². The van der Waals surface area contributed by atoms with Crippen LogP contribution in [0.15, 0.2) is 12.1 Å². The van der Waals surface area contributed by atoms with Crippen molar-refractivity contribution in [2.75, 3.05) is 0 Å². The minimum absolute atomic E-state index is 0.130. The first-order chi connectivity index (χ1) is 8.08. The van der Waals surface area contributed by atoms with Gasteiger partial charge in [0.1, 0.15) is 0 Å². The maximum absolute atomic E-state index is 12.2. The predicted molar refractivity (Wildman–Crippen MR) is 56.9 cm³/mol. The van der Waals surface area contributed by atoms with Gasteiger partial charge < -0.3 is 4.18 Å². The smallest absolute Gasteiger partial charge is 0.375 e. The molecule has 0 unspecified atom stereocenters. The van der Waals surface area contributed by atoms with Crippen LogP contribution in [0.5, 0.6) is 5.75 Å². The van der Waals surface area contributed by atoms with Gasteiger partial charge in [0, 0.05) is 0 Å². The van der Waals surface area contributed by atoms with Crippen molar-refractivity contribution in [3.05, 3.63) is 28.8 Å². The van der Waals surface area contributed by atoms with Crippen LogP contribution in [-0.4, -0.2) is 20.2 Å². The van der Waals surface area contributed by atoms with Crippen LogP contribution in [0.1, 0.15) is 21.5 Å². The van der Waals surface area contributed by atoms with Gasteiger partial charge in [0.2, 0.25) is 0 Å².